The van der Waals surface area contributed by atoms with E-state index in [1.54, 1.807) is 0 Å². The molecule has 0 bridgehead atoms. The van der Waals surface area contributed by atoms with Crippen LogP contribution in [0.15, 0.2) is 12.1 Å². The summed E-state index contributed by atoms with van der Waals surface area (Å²) in [6.07, 6.45) is 5.65. The summed E-state index contributed by atoms with van der Waals surface area (Å²) >= 11 is 6.16. The van der Waals surface area contributed by atoms with Gasteiger partial charge in [-0.1, -0.05) is 24.9 Å². The first-order chi connectivity index (χ1) is 10.0. The van der Waals surface area contributed by atoms with Gasteiger partial charge in [-0.25, -0.2) is 4.79 Å². The Balaban J connectivity index is 2.14. The van der Waals surface area contributed by atoms with Crippen molar-refractivity contribution in [3.05, 3.63) is 22.7 Å². The van der Waals surface area contributed by atoms with Crippen LogP contribution in [0.5, 0.6) is 11.5 Å². The second kappa shape index (κ2) is 7.03. The lowest BCUT2D eigenvalue weighted by Crippen LogP contribution is -2.24. The molecule has 1 aromatic rings. The van der Waals surface area contributed by atoms with Crippen molar-refractivity contribution in [1.29, 1.82) is 0 Å². The second-order valence-corrected chi connectivity index (χ2v) is 5.87. The van der Waals surface area contributed by atoms with Crippen LogP contribution >= 0.6 is 11.6 Å². The lowest BCUT2D eigenvalue weighted by atomic mass is 9.86. The maximum Gasteiger partial charge on any atom is 0.335 e. The number of carboxylic acids is 1. The van der Waals surface area contributed by atoms with E-state index < -0.39 is 5.97 Å². The zero-order valence-corrected chi connectivity index (χ0v) is 13.2. The largest absolute Gasteiger partial charge is 0.493 e. The fourth-order valence-corrected chi connectivity index (χ4v) is 3.04. The Morgan fingerprint density at radius 2 is 2.00 bits per heavy atom. The molecular formula is C16H21ClO4. The summed E-state index contributed by atoms with van der Waals surface area (Å²) in [5.74, 6) is 0.573. The number of hydrogen-bond acceptors (Lipinski definition) is 3. The molecule has 116 valence electrons. The Hall–Kier alpha value is -1.42. The highest BCUT2D eigenvalue weighted by Gasteiger charge is 2.24. The molecule has 0 radical (unpaired) electrons. The molecule has 0 saturated heterocycles. The predicted molar refractivity (Wildman–Crippen MR) is 81.6 cm³/mol. The first-order valence-corrected chi connectivity index (χ1v) is 7.70. The molecule has 4 nitrogen and oxygen atoms in total. The van der Waals surface area contributed by atoms with E-state index in [4.69, 9.17) is 26.2 Å². The van der Waals surface area contributed by atoms with Gasteiger partial charge in [0.25, 0.3) is 0 Å². The number of halogens is 1. The molecule has 0 aromatic heterocycles. The number of rotatable bonds is 5. The fraction of sp³-hybridized carbons (Fsp3) is 0.562. The molecular weight excluding hydrogens is 292 g/mol. The van der Waals surface area contributed by atoms with E-state index in [0.29, 0.717) is 11.5 Å². The third-order valence-electron chi connectivity index (χ3n) is 4.13. The van der Waals surface area contributed by atoms with Gasteiger partial charge in [0.1, 0.15) is 0 Å². The van der Waals surface area contributed by atoms with E-state index in [-0.39, 0.29) is 16.7 Å². The van der Waals surface area contributed by atoms with Gasteiger partial charge in [0.2, 0.25) is 0 Å². The molecule has 1 N–H and O–H groups in total. The molecule has 1 fully saturated rings. The third-order valence-corrected chi connectivity index (χ3v) is 4.41. The molecule has 1 aromatic carbocycles. The van der Waals surface area contributed by atoms with Crippen LogP contribution in [0.3, 0.4) is 0 Å². The number of carbonyl (C=O) groups is 1. The number of ether oxygens (including phenoxy) is 2. The molecule has 2 rings (SSSR count). The van der Waals surface area contributed by atoms with E-state index in [1.807, 2.05) is 0 Å². The second-order valence-electron chi connectivity index (χ2n) is 5.46. The van der Waals surface area contributed by atoms with Crippen molar-refractivity contribution in [1.82, 2.24) is 0 Å². The average Bonchev–Trinajstić information content (AvgIpc) is 2.49. The van der Waals surface area contributed by atoms with Crippen LogP contribution in [0.1, 0.15) is 49.4 Å². The molecule has 0 spiro atoms. The predicted octanol–water partition coefficient (Wildman–Crippen LogP) is 4.39. The maximum absolute atomic E-state index is 11.0. The molecule has 1 aliphatic rings. The maximum atomic E-state index is 11.0. The molecule has 5 heteroatoms. The van der Waals surface area contributed by atoms with Crippen LogP contribution in [0.25, 0.3) is 0 Å². The van der Waals surface area contributed by atoms with Gasteiger partial charge in [0.15, 0.2) is 11.5 Å². The van der Waals surface area contributed by atoms with E-state index in [9.17, 15) is 4.79 Å². The number of carboxylic acid groups (broad SMARTS) is 1. The summed E-state index contributed by atoms with van der Waals surface area (Å²) in [7, 11) is 1.48. The first kappa shape index (κ1) is 16.0. The number of aromatic carboxylic acids is 1. The van der Waals surface area contributed by atoms with Crippen LogP contribution in [0, 0.1) is 5.92 Å². The Kier molecular flexibility index (Phi) is 5.34. The Morgan fingerprint density at radius 3 is 2.52 bits per heavy atom. The van der Waals surface area contributed by atoms with Gasteiger partial charge in [0, 0.05) is 0 Å². The fourth-order valence-electron chi connectivity index (χ4n) is 2.78. The molecule has 0 amide bonds. The first-order valence-electron chi connectivity index (χ1n) is 7.32. The van der Waals surface area contributed by atoms with Crippen molar-refractivity contribution in [2.45, 2.75) is 45.1 Å². The van der Waals surface area contributed by atoms with Crippen molar-refractivity contribution < 1.29 is 19.4 Å². The van der Waals surface area contributed by atoms with Crippen LogP contribution in [-0.4, -0.2) is 24.3 Å². The Labute approximate surface area is 130 Å². The minimum atomic E-state index is -1.04. The third kappa shape index (κ3) is 3.82. The van der Waals surface area contributed by atoms with Crippen LogP contribution in [0.2, 0.25) is 5.02 Å². The zero-order chi connectivity index (χ0) is 15.4. The summed E-state index contributed by atoms with van der Waals surface area (Å²) in [5, 5.41) is 9.32. The minimum Gasteiger partial charge on any atom is -0.493 e. The van der Waals surface area contributed by atoms with E-state index in [0.717, 1.165) is 31.6 Å². The molecule has 0 unspecified atom stereocenters. The topological polar surface area (TPSA) is 55.8 Å². The highest BCUT2D eigenvalue weighted by atomic mass is 35.5. The highest BCUT2D eigenvalue weighted by molar-refractivity contribution is 6.32. The zero-order valence-electron chi connectivity index (χ0n) is 12.4. The molecule has 0 atom stereocenters. The summed E-state index contributed by atoms with van der Waals surface area (Å²) < 4.78 is 11.2. The molecule has 1 saturated carbocycles. The minimum absolute atomic E-state index is 0.0962. The van der Waals surface area contributed by atoms with Crippen molar-refractivity contribution in [2.75, 3.05) is 7.11 Å². The van der Waals surface area contributed by atoms with Crippen molar-refractivity contribution in [3.63, 3.8) is 0 Å². The lowest BCUT2D eigenvalue weighted by Gasteiger charge is -2.29. The highest BCUT2D eigenvalue weighted by Crippen LogP contribution is 2.39. The van der Waals surface area contributed by atoms with Gasteiger partial charge < -0.3 is 14.6 Å². The van der Waals surface area contributed by atoms with Gasteiger partial charge in [-0.15, -0.1) is 0 Å². The van der Waals surface area contributed by atoms with Gasteiger partial charge >= 0.3 is 5.97 Å². The van der Waals surface area contributed by atoms with Gasteiger partial charge in [-0.05, 0) is 43.7 Å². The summed E-state index contributed by atoms with van der Waals surface area (Å²) in [6.45, 7) is 2.22. The molecule has 21 heavy (non-hydrogen) atoms. The smallest absolute Gasteiger partial charge is 0.335 e. The Morgan fingerprint density at radius 1 is 1.33 bits per heavy atom. The summed E-state index contributed by atoms with van der Waals surface area (Å²) in [5.41, 5.74) is 0.0962. The van der Waals surface area contributed by atoms with E-state index >= 15 is 0 Å². The van der Waals surface area contributed by atoms with Gasteiger partial charge in [-0.2, -0.15) is 0 Å². The molecule has 0 aliphatic heterocycles. The van der Waals surface area contributed by atoms with E-state index in [2.05, 4.69) is 6.92 Å². The normalized spacial score (nSPS) is 21.9. The molecule has 0 heterocycles. The van der Waals surface area contributed by atoms with Crippen molar-refractivity contribution >= 4 is 17.6 Å². The number of benzene rings is 1. The summed E-state index contributed by atoms with van der Waals surface area (Å²) in [4.78, 5) is 11.0. The van der Waals surface area contributed by atoms with E-state index in [1.165, 1.54) is 25.7 Å². The Bertz CT molecular complexity index is 507. The monoisotopic (exact) mass is 312 g/mol. The number of methoxy groups -OCH3 is 1. The number of hydrogen-bond donors (Lipinski definition) is 1. The van der Waals surface area contributed by atoms with Gasteiger partial charge in [0.05, 0.1) is 23.8 Å². The lowest BCUT2D eigenvalue weighted by molar-refractivity contribution is 0.0696. The van der Waals surface area contributed by atoms with Crippen LogP contribution in [0.4, 0.5) is 0 Å². The van der Waals surface area contributed by atoms with Crippen LogP contribution in [-0.2, 0) is 0 Å². The van der Waals surface area contributed by atoms with Crippen molar-refractivity contribution in [2.24, 2.45) is 5.92 Å². The van der Waals surface area contributed by atoms with Crippen molar-refractivity contribution in [3.8, 4) is 11.5 Å². The standard InChI is InChI=1S/C16H21ClO4/c1-3-10-4-6-12(7-5-10)21-15-13(17)8-11(16(18)19)9-14(15)20-2/h8-10,12H,3-7H2,1-2H3,(H,18,19). The quantitative estimate of drug-likeness (QED) is 0.875. The van der Waals surface area contributed by atoms with Crippen LogP contribution < -0.4 is 9.47 Å². The SMILES string of the molecule is CCC1CCC(Oc2c(Cl)cc(C(=O)O)cc2OC)CC1. The molecule has 1 aliphatic carbocycles. The summed E-state index contributed by atoms with van der Waals surface area (Å²) in [6, 6.07) is 2.85. The average molecular weight is 313 g/mol. The van der Waals surface area contributed by atoms with Gasteiger partial charge in [-0.3, -0.25) is 0 Å².